The molecule has 1 saturated carbocycles. The number of carbonyl (C=O) groups excluding carboxylic acids is 1. The number of likely N-dealkylation sites (tertiary alicyclic amines) is 1. The van der Waals surface area contributed by atoms with Crippen LogP contribution in [-0.4, -0.2) is 36.0 Å². The number of rotatable bonds is 4. The predicted molar refractivity (Wildman–Crippen MR) is 74.4 cm³/mol. The Kier molecular flexibility index (Phi) is 5.04. The van der Waals surface area contributed by atoms with Crippen molar-refractivity contribution in [3.8, 4) is 0 Å². The first-order valence-electron chi connectivity index (χ1n) is 7.75. The quantitative estimate of drug-likeness (QED) is 0.834. The van der Waals surface area contributed by atoms with Crippen LogP contribution in [0.15, 0.2) is 0 Å². The van der Waals surface area contributed by atoms with Gasteiger partial charge in [0.2, 0.25) is 5.91 Å². The van der Waals surface area contributed by atoms with E-state index in [2.05, 4.69) is 12.2 Å². The fourth-order valence-electron chi connectivity index (χ4n) is 3.41. The van der Waals surface area contributed by atoms with E-state index in [-0.39, 0.29) is 6.04 Å². The minimum Gasteiger partial charge on any atom is -0.341 e. The highest BCUT2D eigenvalue weighted by atomic mass is 16.2. The summed E-state index contributed by atoms with van der Waals surface area (Å²) in [4.78, 5) is 14.3. The molecule has 18 heavy (non-hydrogen) atoms. The summed E-state index contributed by atoms with van der Waals surface area (Å²) in [5, 5.41) is 3.55. The van der Waals surface area contributed by atoms with Gasteiger partial charge in [-0.1, -0.05) is 13.3 Å². The van der Waals surface area contributed by atoms with Crippen LogP contribution in [0.25, 0.3) is 0 Å². The standard InChI is InChI=1S/C15H28N2O/c1-3-13-7-8-14(11-13)16-12(2)15(18)17-9-5-4-6-10-17/h12-14,16H,3-11H2,1-2H3. The van der Waals surface area contributed by atoms with Crippen molar-refractivity contribution < 1.29 is 4.79 Å². The van der Waals surface area contributed by atoms with E-state index in [1.807, 2.05) is 11.8 Å². The molecule has 3 unspecified atom stereocenters. The number of hydrogen-bond donors (Lipinski definition) is 1. The van der Waals surface area contributed by atoms with Crippen molar-refractivity contribution in [2.75, 3.05) is 13.1 Å². The second-order valence-corrected chi connectivity index (χ2v) is 6.06. The van der Waals surface area contributed by atoms with E-state index in [1.54, 1.807) is 0 Å². The maximum Gasteiger partial charge on any atom is 0.239 e. The maximum absolute atomic E-state index is 12.3. The van der Waals surface area contributed by atoms with Gasteiger partial charge in [0, 0.05) is 19.1 Å². The Morgan fingerprint density at radius 3 is 2.61 bits per heavy atom. The zero-order chi connectivity index (χ0) is 13.0. The molecule has 1 saturated heterocycles. The molecule has 2 aliphatic rings. The summed E-state index contributed by atoms with van der Waals surface area (Å²) >= 11 is 0. The first-order valence-corrected chi connectivity index (χ1v) is 7.75. The molecule has 0 aromatic rings. The van der Waals surface area contributed by atoms with E-state index in [0.29, 0.717) is 11.9 Å². The summed E-state index contributed by atoms with van der Waals surface area (Å²) in [6, 6.07) is 0.572. The highest BCUT2D eigenvalue weighted by molar-refractivity contribution is 5.81. The minimum atomic E-state index is 0.00343. The van der Waals surface area contributed by atoms with Gasteiger partial charge in [-0.2, -0.15) is 0 Å². The number of piperidine rings is 1. The summed E-state index contributed by atoms with van der Waals surface area (Å²) < 4.78 is 0. The van der Waals surface area contributed by atoms with E-state index >= 15 is 0 Å². The van der Waals surface area contributed by atoms with Crippen LogP contribution in [0.1, 0.15) is 58.8 Å². The van der Waals surface area contributed by atoms with E-state index in [9.17, 15) is 4.79 Å². The zero-order valence-electron chi connectivity index (χ0n) is 12.0. The van der Waals surface area contributed by atoms with Gasteiger partial charge in [0.15, 0.2) is 0 Å². The molecule has 2 rings (SSSR count). The molecule has 3 atom stereocenters. The summed E-state index contributed by atoms with van der Waals surface area (Å²) in [7, 11) is 0. The van der Waals surface area contributed by atoms with Crippen molar-refractivity contribution in [2.45, 2.75) is 70.9 Å². The molecule has 1 N–H and O–H groups in total. The molecule has 1 aliphatic heterocycles. The third-order valence-electron chi connectivity index (χ3n) is 4.64. The molecule has 2 fully saturated rings. The lowest BCUT2D eigenvalue weighted by molar-refractivity contribution is -0.134. The van der Waals surface area contributed by atoms with Gasteiger partial charge >= 0.3 is 0 Å². The average Bonchev–Trinajstić information content (AvgIpc) is 2.86. The summed E-state index contributed by atoms with van der Waals surface area (Å²) in [5.74, 6) is 1.19. The zero-order valence-corrected chi connectivity index (χ0v) is 12.0. The lowest BCUT2D eigenvalue weighted by Crippen LogP contribution is -2.49. The maximum atomic E-state index is 12.3. The van der Waals surface area contributed by atoms with Crippen LogP contribution in [0.5, 0.6) is 0 Å². The van der Waals surface area contributed by atoms with Crippen molar-refractivity contribution in [2.24, 2.45) is 5.92 Å². The van der Waals surface area contributed by atoms with Crippen molar-refractivity contribution in [3.63, 3.8) is 0 Å². The number of hydrogen-bond acceptors (Lipinski definition) is 2. The average molecular weight is 252 g/mol. The Labute approximate surface area is 111 Å². The predicted octanol–water partition coefficient (Wildman–Crippen LogP) is 2.56. The second kappa shape index (κ2) is 6.55. The van der Waals surface area contributed by atoms with Crippen LogP contribution in [0, 0.1) is 5.92 Å². The monoisotopic (exact) mass is 252 g/mol. The van der Waals surface area contributed by atoms with Gasteiger partial charge in [0.05, 0.1) is 6.04 Å². The SMILES string of the molecule is CCC1CCC(NC(C)C(=O)N2CCCCC2)C1. The number of nitrogens with one attached hydrogen (secondary N) is 1. The van der Waals surface area contributed by atoms with E-state index in [4.69, 9.17) is 0 Å². The van der Waals surface area contributed by atoms with E-state index in [0.717, 1.165) is 19.0 Å². The molecule has 0 aromatic heterocycles. The van der Waals surface area contributed by atoms with Gasteiger partial charge in [0.1, 0.15) is 0 Å². The molecular weight excluding hydrogens is 224 g/mol. The van der Waals surface area contributed by atoms with Gasteiger partial charge in [-0.25, -0.2) is 0 Å². The third kappa shape index (κ3) is 3.47. The minimum absolute atomic E-state index is 0.00343. The molecule has 3 heteroatoms. The van der Waals surface area contributed by atoms with Crippen LogP contribution in [-0.2, 0) is 4.79 Å². The van der Waals surface area contributed by atoms with Gasteiger partial charge in [-0.3, -0.25) is 4.79 Å². The molecule has 3 nitrogen and oxygen atoms in total. The lowest BCUT2D eigenvalue weighted by atomic mass is 10.1. The first-order chi connectivity index (χ1) is 8.70. The lowest BCUT2D eigenvalue weighted by Gasteiger charge is -2.30. The number of amides is 1. The van der Waals surface area contributed by atoms with Crippen molar-refractivity contribution in [1.29, 1.82) is 0 Å². The summed E-state index contributed by atoms with van der Waals surface area (Å²) in [6.45, 7) is 6.24. The molecule has 0 aromatic carbocycles. The second-order valence-electron chi connectivity index (χ2n) is 6.06. The number of carbonyl (C=O) groups is 1. The van der Waals surface area contributed by atoms with Crippen LogP contribution in [0.2, 0.25) is 0 Å². The molecule has 104 valence electrons. The molecule has 1 heterocycles. The topological polar surface area (TPSA) is 32.3 Å². The van der Waals surface area contributed by atoms with Crippen LogP contribution in [0.4, 0.5) is 0 Å². The Morgan fingerprint density at radius 2 is 2.00 bits per heavy atom. The van der Waals surface area contributed by atoms with Gasteiger partial charge in [0.25, 0.3) is 0 Å². The fraction of sp³-hybridized carbons (Fsp3) is 0.933. The van der Waals surface area contributed by atoms with Crippen molar-refractivity contribution in [1.82, 2.24) is 10.2 Å². The molecule has 0 radical (unpaired) electrons. The summed E-state index contributed by atoms with van der Waals surface area (Å²) in [6.07, 6.45) is 8.77. The summed E-state index contributed by atoms with van der Waals surface area (Å²) in [5.41, 5.74) is 0. The third-order valence-corrected chi connectivity index (χ3v) is 4.64. The highest BCUT2D eigenvalue weighted by Gasteiger charge is 2.28. The molecule has 0 bridgehead atoms. The molecule has 1 aliphatic carbocycles. The van der Waals surface area contributed by atoms with Crippen molar-refractivity contribution in [3.05, 3.63) is 0 Å². The normalized spacial score (nSPS) is 30.4. The highest BCUT2D eigenvalue weighted by Crippen LogP contribution is 2.28. The molecular formula is C15H28N2O. The van der Waals surface area contributed by atoms with Gasteiger partial charge in [-0.05, 0) is 51.4 Å². The number of nitrogens with zero attached hydrogens (tertiary/aromatic N) is 1. The Morgan fingerprint density at radius 1 is 1.28 bits per heavy atom. The van der Waals surface area contributed by atoms with E-state index in [1.165, 1.54) is 44.9 Å². The molecule has 1 amide bonds. The molecule has 0 spiro atoms. The van der Waals surface area contributed by atoms with Crippen LogP contribution >= 0.6 is 0 Å². The first kappa shape index (κ1) is 13.9. The smallest absolute Gasteiger partial charge is 0.239 e. The Balaban J connectivity index is 1.76. The van der Waals surface area contributed by atoms with Crippen LogP contribution in [0.3, 0.4) is 0 Å². The fourth-order valence-corrected chi connectivity index (χ4v) is 3.41. The van der Waals surface area contributed by atoms with Crippen LogP contribution < -0.4 is 5.32 Å². The van der Waals surface area contributed by atoms with Gasteiger partial charge < -0.3 is 10.2 Å². The largest absolute Gasteiger partial charge is 0.341 e. The Hall–Kier alpha value is -0.570. The Bertz CT molecular complexity index is 274. The van der Waals surface area contributed by atoms with Crippen molar-refractivity contribution >= 4 is 5.91 Å². The van der Waals surface area contributed by atoms with E-state index < -0.39 is 0 Å². The van der Waals surface area contributed by atoms with Gasteiger partial charge in [-0.15, -0.1) is 0 Å².